The first kappa shape index (κ1) is 18.0. The van der Waals surface area contributed by atoms with Gasteiger partial charge >= 0.3 is 0 Å². The minimum Gasteiger partial charge on any atom is -0.355 e. The second-order valence-electron chi connectivity index (χ2n) is 6.17. The van der Waals surface area contributed by atoms with Crippen molar-refractivity contribution >= 4 is 29.9 Å². The fourth-order valence-electron chi connectivity index (χ4n) is 3.28. The topological polar surface area (TPSA) is 39.7 Å². The van der Waals surface area contributed by atoms with Gasteiger partial charge in [0.2, 0.25) is 0 Å². The van der Waals surface area contributed by atoms with E-state index in [9.17, 15) is 0 Å². The van der Waals surface area contributed by atoms with Crippen LogP contribution in [0.1, 0.15) is 45.4 Å². The maximum absolute atomic E-state index is 4.33. The standard InChI is InChI=1S/C15H30N4.HI/c1-13-6-5-10-19(12-13)11-9-17-15(16-2)18-14-7-3-4-8-14;/h13-14H,3-12H2,1-2H3,(H2,16,17,18);1H. The van der Waals surface area contributed by atoms with Gasteiger partial charge in [-0.2, -0.15) is 0 Å². The highest BCUT2D eigenvalue weighted by molar-refractivity contribution is 14.0. The van der Waals surface area contributed by atoms with E-state index < -0.39 is 0 Å². The predicted octanol–water partition coefficient (Wildman–Crippen LogP) is 2.44. The molecular weight excluding hydrogens is 363 g/mol. The number of hydrogen-bond donors (Lipinski definition) is 2. The largest absolute Gasteiger partial charge is 0.355 e. The molecular formula is C15H31IN4. The van der Waals surface area contributed by atoms with Crippen molar-refractivity contribution in [1.82, 2.24) is 15.5 Å². The van der Waals surface area contributed by atoms with Crippen molar-refractivity contribution in [2.45, 2.75) is 51.5 Å². The van der Waals surface area contributed by atoms with Gasteiger partial charge in [0.05, 0.1) is 0 Å². The number of guanidine groups is 1. The number of nitrogens with zero attached hydrogens (tertiary/aromatic N) is 2. The Morgan fingerprint density at radius 2 is 1.95 bits per heavy atom. The van der Waals surface area contributed by atoms with E-state index in [4.69, 9.17) is 0 Å². The molecule has 5 heteroatoms. The van der Waals surface area contributed by atoms with Gasteiger partial charge in [0, 0.05) is 32.7 Å². The maximum atomic E-state index is 4.33. The first-order valence-electron chi connectivity index (χ1n) is 7.97. The molecule has 118 valence electrons. The number of piperidine rings is 1. The smallest absolute Gasteiger partial charge is 0.191 e. The Labute approximate surface area is 141 Å². The quantitative estimate of drug-likeness (QED) is 0.437. The number of nitrogens with one attached hydrogen (secondary N) is 2. The molecule has 1 saturated heterocycles. The Morgan fingerprint density at radius 1 is 1.20 bits per heavy atom. The third-order valence-corrected chi connectivity index (χ3v) is 4.38. The minimum atomic E-state index is 0. The van der Waals surface area contributed by atoms with Crippen LogP contribution in [0.25, 0.3) is 0 Å². The fraction of sp³-hybridized carbons (Fsp3) is 0.933. The summed E-state index contributed by atoms with van der Waals surface area (Å²) in [6, 6.07) is 0.640. The molecule has 0 aromatic rings. The number of halogens is 1. The zero-order valence-corrected chi connectivity index (χ0v) is 15.4. The van der Waals surface area contributed by atoms with E-state index in [1.54, 1.807) is 0 Å². The van der Waals surface area contributed by atoms with Gasteiger partial charge in [-0.15, -0.1) is 24.0 Å². The number of rotatable bonds is 4. The molecule has 1 aliphatic heterocycles. The van der Waals surface area contributed by atoms with Crippen LogP contribution >= 0.6 is 24.0 Å². The fourth-order valence-corrected chi connectivity index (χ4v) is 3.28. The summed E-state index contributed by atoms with van der Waals surface area (Å²) in [6.07, 6.45) is 8.07. The lowest BCUT2D eigenvalue weighted by molar-refractivity contribution is 0.187. The normalized spacial score (nSPS) is 25.3. The van der Waals surface area contributed by atoms with Crippen molar-refractivity contribution in [3.05, 3.63) is 0 Å². The molecule has 0 radical (unpaired) electrons. The van der Waals surface area contributed by atoms with E-state index in [0.717, 1.165) is 25.0 Å². The number of likely N-dealkylation sites (tertiary alicyclic amines) is 1. The summed E-state index contributed by atoms with van der Waals surface area (Å²) in [5, 5.41) is 6.99. The van der Waals surface area contributed by atoms with Crippen molar-refractivity contribution in [3.63, 3.8) is 0 Å². The van der Waals surface area contributed by atoms with Crippen molar-refractivity contribution in [2.24, 2.45) is 10.9 Å². The van der Waals surface area contributed by atoms with E-state index in [1.165, 1.54) is 51.6 Å². The van der Waals surface area contributed by atoms with E-state index in [2.05, 4.69) is 27.4 Å². The van der Waals surface area contributed by atoms with Gasteiger partial charge in [-0.25, -0.2) is 0 Å². The molecule has 0 aromatic carbocycles. The summed E-state index contributed by atoms with van der Waals surface area (Å²) >= 11 is 0. The Hall–Kier alpha value is -0.0400. The van der Waals surface area contributed by atoms with Crippen molar-refractivity contribution in [3.8, 4) is 0 Å². The van der Waals surface area contributed by atoms with Crippen LogP contribution in [-0.2, 0) is 0 Å². The Morgan fingerprint density at radius 3 is 2.60 bits per heavy atom. The van der Waals surface area contributed by atoms with Gasteiger partial charge in [-0.1, -0.05) is 19.8 Å². The van der Waals surface area contributed by atoms with Crippen LogP contribution in [0.4, 0.5) is 0 Å². The Kier molecular flexibility index (Phi) is 8.84. The molecule has 0 bridgehead atoms. The van der Waals surface area contributed by atoms with E-state index in [-0.39, 0.29) is 24.0 Å². The second-order valence-corrected chi connectivity index (χ2v) is 6.17. The van der Waals surface area contributed by atoms with Gasteiger partial charge in [0.25, 0.3) is 0 Å². The first-order valence-corrected chi connectivity index (χ1v) is 7.97. The maximum Gasteiger partial charge on any atom is 0.191 e. The summed E-state index contributed by atoms with van der Waals surface area (Å²) in [5.74, 6) is 1.85. The van der Waals surface area contributed by atoms with E-state index >= 15 is 0 Å². The van der Waals surface area contributed by atoms with Gasteiger partial charge in [0.15, 0.2) is 5.96 Å². The molecule has 1 aliphatic carbocycles. The molecule has 2 N–H and O–H groups in total. The highest BCUT2D eigenvalue weighted by atomic mass is 127. The molecule has 2 fully saturated rings. The molecule has 20 heavy (non-hydrogen) atoms. The summed E-state index contributed by atoms with van der Waals surface area (Å²) in [6.45, 7) is 7.02. The molecule has 2 aliphatic rings. The van der Waals surface area contributed by atoms with Gasteiger partial charge in [0.1, 0.15) is 0 Å². The second kappa shape index (κ2) is 9.82. The monoisotopic (exact) mass is 394 g/mol. The Balaban J connectivity index is 0.00000200. The van der Waals surface area contributed by atoms with Crippen LogP contribution in [0.5, 0.6) is 0 Å². The molecule has 1 heterocycles. The van der Waals surface area contributed by atoms with Gasteiger partial charge in [-0.05, 0) is 38.1 Å². The highest BCUT2D eigenvalue weighted by Crippen LogP contribution is 2.17. The van der Waals surface area contributed by atoms with Crippen LogP contribution in [0.3, 0.4) is 0 Å². The average molecular weight is 394 g/mol. The molecule has 1 unspecified atom stereocenters. The molecule has 0 amide bonds. The van der Waals surface area contributed by atoms with Gasteiger partial charge in [-0.3, -0.25) is 4.99 Å². The lowest BCUT2D eigenvalue weighted by atomic mass is 10.0. The molecule has 1 atom stereocenters. The third-order valence-electron chi connectivity index (χ3n) is 4.38. The SMILES string of the molecule is CN=C(NCCN1CCCC(C)C1)NC1CCCC1.I. The molecule has 1 saturated carbocycles. The summed E-state index contributed by atoms with van der Waals surface area (Å²) in [4.78, 5) is 6.90. The average Bonchev–Trinajstić information content (AvgIpc) is 2.90. The van der Waals surface area contributed by atoms with E-state index in [0.29, 0.717) is 6.04 Å². The van der Waals surface area contributed by atoms with Crippen molar-refractivity contribution in [2.75, 3.05) is 33.2 Å². The van der Waals surface area contributed by atoms with Crippen LogP contribution in [0.15, 0.2) is 4.99 Å². The van der Waals surface area contributed by atoms with Gasteiger partial charge < -0.3 is 15.5 Å². The molecule has 0 spiro atoms. The number of aliphatic imine (C=N–C) groups is 1. The minimum absolute atomic E-state index is 0. The summed E-state index contributed by atoms with van der Waals surface area (Å²) < 4.78 is 0. The highest BCUT2D eigenvalue weighted by Gasteiger charge is 2.17. The van der Waals surface area contributed by atoms with Crippen molar-refractivity contribution < 1.29 is 0 Å². The first-order chi connectivity index (χ1) is 9.28. The van der Waals surface area contributed by atoms with E-state index in [1.807, 2.05) is 7.05 Å². The lowest BCUT2D eigenvalue weighted by Gasteiger charge is -2.31. The third kappa shape index (κ3) is 6.16. The van der Waals surface area contributed by atoms with Crippen molar-refractivity contribution in [1.29, 1.82) is 0 Å². The zero-order valence-electron chi connectivity index (χ0n) is 13.0. The summed E-state index contributed by atoms with van der Waals surface area (Å²) in [7, 11) is 1.87. The summed E-state index contributed by atoms with van der Waals surface area (Å²) in [5.41, 5.74) is 0. The molecule has 4 nitrogen and oxygen atoms in total. The molecule has 2 rings (SSSR count). The number of hydrogen-bond acceptors (Lipinski definition) is 2. The Bertz CT molecular complexity index is 290. The van der Waals surface area contributed by atoms with Crippen LogP contribution in [0, 0.1) is 5.92 Å². The van der Waals surface area contributed by atoms with Crippen LogP contribution < -0.4 is 10.6 Å². The predicted molar refractivity (Wildman–Crippen MR) is 97.0 cm³/mol. The lowest BCUT2D eigenvalue weighted by Crippen LogP contribution is -2.46. The van der Waals surface area contributed by atoms with Crippen LogP contribution in [0.2, 0.25) is 0 Å². The molecule has 0 aromatic heterocycles. The zero-order chi connectivity index (χ0) is 13.5. The van der Waals surface area contributed by atoms with Crippen LogP contribution in [-0.4, -0.2) is 50.1 Å².